The first-order valence-electron chi connectivity index (χ1n) is 4.13. The van der Waals surface area contributed by atoms with E-state index < -0.39 is 29.1 Å². The Morgan fingerprint density at radius 3 is 2.44 bits per heavy atom. The predicted molar refractivity (Wildman–Crippen MR) is 48.1 cm³/mol. The van der Waals surface area contributed by atoms with Crippen LogP contribution in [0.1, 0.15) is 22.0 Å². The number of carboxylic acids is 1. The number of carbonyl (C=O) groups excluding carboxylic acids is 1. The molecule has 0 spiro atoms. The van der Waals surface area contributed by atoms with E-state index in [1.807, 2.05) is 0 Å². The molecule has 0 heterocycles. The number of aromatic carboxylic acids is 1. The Kier molecular flexibility index (Phi) is 5.77. The molecular weight excluding hydrogens is 225 g/mol. The number of phenols is 2. The maximum absolute atomic E-state index is 10.7. The molecule has 0 radical (unpaired) electrons. The number of benzene rings is 1. The minimum absolute atomic E-state index is 0. The van der Waals surface area contributed by atoms with Crippen LogP contribution in [0.2, 0.25) is 0 Å². The molecular formula is C9H10NNaO5. The fourth-order valence-electron chi connectivity index (χ4n) is 1.21. The van der Waals surface area contributed by atoms with Gasteiger partial charge >= 0.3 is 29.6 Å². The number of carbonyl (C=O) groups is 1. The molecule has 0 bridgehead atoms. The second-order valence-corrected chi connectivity index (χ2v) is 2.94. The van der Waals surface area contributed by atoms with E-state index in [9.17, 15) is 20.1 Å². The summed E-state index contributed by atoms with van der Waals surface area (Å²) < 4.78 is 0. The van der Waals surface area contributed by atoms with Crippen LogP contribution in [0.15, 0.2) is 12.1 Å². The first kappa shape index (κ1) is 15.2. The van der Waals surface area contributed by atoms with Gasteiger partial charge in [0, 0.05) is 12.1 Å². The average Bonchev–Trinajstić information content (AvgIpc) is 2.20. The number of phenolic OH excluding ortho intramolecular Hbond substituents is 1. The van der Waals surface area contributed by atoms with Gasteiger partial charge in [-0.05, 0) is 11.6 Å². The number of nitrogens with two attached hydrogens (primary N) is 1. The summed E-state index contributed by atoms with van der Waals surface area (Å²) in [4.78, 5) is 10.7. The van der Waals surface area contributed by atoms with E-state index in [0.717, 1.165) is 12.1 Å². The van der Waals surface area contributed by atoms with Gasteiger partial charge in [-0.3, -0.25) is 0 Å². The molecule has 0 fully saturated rings. The van der Waals surface area contributed by atoms with Gasteiger partial charge in [0.05, 0.1) is 12.1 Å². The summed E-state index contributed by atoms with van der Waals surface area (Å²) in [6.45, 7) is -0.204. The summed E-state index contributed by atoms with van der Waals surface area (Å²) in [7, 11) is 0. The normalized spacial score (nSPS) is 11.6. The van der Waals surface area contributed by atoms with Gasteiger partial charge in [0.15, 0.2) is 11.5 Å². The van der Waals surface area contributed by atoms with Crippen molar-refractivity contribution in [2.24, 2.45) is 5.73 Å². The quantitative estimate of drug-likeness (QED) is 0.309. The van der Waals surface area contributed by atoms with Crippen LogP contribution >= 0.6 is 0 Å². The van der Waals surface area contributed by atoms with Gasteiger partial charge in [-0.25, -0.2) is 0 Å². The van der Waals surface area contributed by atoms with Crippen molar-refractivity contribution in [3.05, 3.63) is 23.3 Å². The number of hydrogen-bond donors (Lipinski definition) is 4. The monoisotopic (exact) mass is 235 g/mol. The van der Waals surface area contributed by atoms with Crippen molar-refractivity contribution in [2.75, 3.05) is 6.54 Å². The van der Waals surface area contributed by atoms with Gasteiger partial charge in [0.2, 0.25) is 0 Å². The summed E-state index contributed by atoms with van der Waals surface area (Å²) >= 11 is 0. The summed E-state index contributed by atoms with van der Waals surface area (Å²) in [6.07, 6.45) is -1.23. The molecule has 0 saturated carbocycles. The molecule has 0 aliphatic carbocycles. The van der Waals surface area contributed by atoms with Gasteiger partial charge in [0.25, 0.3) is 0 Å². The average molecular weight is 235 g/mol. The first-order chi connectivity index (χ1) is 6.99. The number of aromatic hydroxyl groups is 2. The topological polar surface area (TPSA) is 127 Å². The molecule has 1 unspecified atom stereocenters. The fraction of sp³-hybridized carbons (Fsp3) is 0.222. The van der Waals surface area contributed by atoms with E-state index in [4.69, 9.17) is 10.8 Å². The molecule has 1 aromatic rings. The van der Waals surface area contributed by atoms with Crippen molar-refractivity contribution >= 4 is 5.97 Å². The second kappa shape index (κ2) is 6.07. The fourth-order valence-corrected chi connectivity index (χ4v) is 1.21. The Balaban J connectivity index is 0.00000225. The molecule has 1 aromatic carbocycles. The zero-order chi connectivity index (χ0) is 11.6. The summed E-state index contributed by atoms with van der Waals surface area (Å²) in [5, 5.41) is 38.4. The number of aliphatic hydroxyl groups excluding tert-OH is 1. The zero-order valence-corrected chi connectivity index (χ0v) is 10.7. The second-order valence-electron chi connectivity index (χ2n) is 2.94. The molecule has 5 N–H and O–H groups in total. The van der Waals surface area contributed by atoms with Gasteiger partial charge in [-0.15, -0.1) is 0 Å². The van der Waals surface area contributed by atoms with Crippen LogP contribution in [0.25, 0.3) is 0 Å². The van der Waals surface area contributed by atoms with Crippen molar-refractivity contribution in [1.82, 2.24) is 0 Å². The minimum atomic E-state index is -1.69. The molecule has 1 atom stereocenters. The van der Waals surface area contributed by atoms with Crippen LogP contribution < -0.4 is 40.4 Å². The standard InChI is InChI=1S/C9H11NO5.Na/c10-3-6(12)4-1-2-5(11)8(13)7(4)9(14)15;/h1-2,6,11-13H,3,10H2,(H,14,15);/q;+1/p-1. The van der Waals surface area contributed by atoms with Crippen molar-refractivity contribution in [3.8, 4) is 11.5 Å². The van der Waals surface area contributed by atoms with Crippen molar-refractivity contribution < 1.29 is 54.8 Å². The van der Waals surface area contributed by atoms with Gasteiger partial charge in [0.1, 0.15) is 0 Å². The number of hydrogen-bond acceptors (Lipinski definition) is 6. The van der Waals surface area contributed by atoms with Crippen molar-refractivity contribution in [3.63, 3.8) is 0 Å². The Labute approximate surface area is 114 Å². The first-order valence-corrected chi connectivity index (χ1v) is 4.13. The molecule has 6 nitrogen and oxygen atoms in total. The minimum Gasteiger partial charge on any atom is -0.545 e. The summed E-state index contributed by atoms with van der Waals surface area (Å²) in [6, 6.07) is 2.23. The molecule has 1 rings (SSSR count). The maximum atomic E-state index is 10.7. The number of rotatable bonds is 3. The third kappa shape index (κ3) is 2.87. The molecule has 0 amide bonds. The van der Waals surface area contributed by atoms with Crippen LogP contribution in [0.4, 0.5) is 0 Å². The molecule has 7 heteroatoms. The Morgan fingerprint density at radius 1 is 1.44 bits per heavy atom. The Hall–Kier alpha value is -0.790. The molecule has 16 heavy (non-hydrogen) atoms. The van der Waals surface area contributed by atoms with Crippen LogP contribution in [0.3, 0.4) is 0 Å². The number of aliphatic hydroxyl groups is 1. The van der Waals surface area contributed by atoms with Crippen LogP contribution in [-0.2, 0) is 0 Å². The largest absolute Gasteiger partial charge is 1.00 e. The van der Waals surface area contributed by atoms with Gasteiger partial charge in [-0.1, -0.05) is 6.07 Å². The van der Waals surface area contributed by atoms with Crippen LogP contribution in [-0.4, -0.2) is 27.8 Å². The van der Waals surface area contributed by atoms with Crippen LogP contribution in [0.5, 0.6) is 11.5 Å². The van der Waals surface area contributed by atoms with Crippen molar-refractivity contribution in [2.45, 2.75) is 6.10 Å². The van der Waals surface area contributed by atoms with E-state index in [1.165, 1.54) is 0 Å². The van der Waals surface area contributed by atoms with E-state index >= 15 is 0 Å². The zero-order valence-electron chi connectivity index (χ0n) is 8.67. The van der Waals surface area contributed by atoms with Crippen LogP contribution in [0, 0.1) is 0 Å². The SMILES string of the molecule is NCC(O)c1ccc(O)c(O)c1C(=O)[O-].[Na+]. The summed E-state index contributed by atoms with van der Waals surface area (Å²) in [5.74, 6) is -3.12. The Bertz CT molecular complexity index is 396. The van der Waals surface area contributed by atoms with Gasteiger partial charge in [-0.2, -0.15) is 0 Å². The van der Waals surface area contributed by atoms with Gasteiger partial charge < -0.3 is 31.0 Å². The number of carboxylic acid groups (broad SMARTS) is 1. The predicted octanol–water partition coefficient (Wildman–Crippen LogP) is -4.54. The van der Waals surface area contributed by atoms with E-state index in [-0.39, 0.29) is 41.7 Å². The third-order valence-corrected chi connectivity index (χ3v) is 1.98. The smallest absolute Gasteiger partial charge is 0.545 e. The molecule has 82 valence electrons. The summed E-state index contributed by atoms with van der Waals surface area (Å²) in [5.41, 5.74) is 4.42. The Morgan fingerprint density at radius 2 is 2.00 bits per heavy atom. The van der Waals surface area contributed by atoms with Crippen molar-refractivity contribution in [1.29, 1.82) is 0 Å². The molecule has 0 saturated heterocycles. The molecule has 0 aliphatic heterocycles. The third-order valence-electron chi connectivity index (χ3n) is 1.98. The van der Waals surface area contributed by atoms with E-state index in [1.54, 1.807) is 0 Å². The van der Waals surface area contributed by atoms with E-state index in [0.29, 0.717) is 0 Å². The molecule has 0 aromatic heterocycles. The maximum Gasteiger partial charge on any atom is 1.00 e. The van der Waals surface area contributed by atoms with E-state index in [2.05, 4.69) is 0 Å². The molecule has 0 aliphatic rings.